The molecular formula is C13H13NOS. The minimum absolute atomic E-state index is 0.0559. The Morgan fingerprint density at radius 1 is 1.31 bits per heavy atom. The van der Waals surface area contributed by atoms with Crippen LogP contribution in [0.4, 0.5) is 0 Å². The summed E-state index contributed by atoms with van der Waals surface area (Å²) in [5.74, 6) is 0.264. The molecule has 2 aromatic heterocycles. The minimum atomic E-state index is 0.0559. The second-order valence-electron chi connectivity index (χ2n) is 3.92. The fraction of sp³-hybridized carbons (Fsp3) is 0.231. The molecule has 2 nitrogen and oxygen atoms in total. The lowest BCUT2D eigenvalue weighted by Gasteiger charge is -1.99. The maximum absolute atomic E-state index is 11.8. The van der Waals surface area contributed by atoms with E-state index in [0.29, 0.717) is 0 Å². The monoisotopic (exact) mass is 231 g/mol. The number of Topliss-reactive ketones (excluding diaryl/α,β-unsaturated/α-hetero) is 1. The summed E-state index contributed by atoms with van der Waals surface area (Å²) in [5.41, 5.74) is 1.07. The summed E-state index contributed by atoms with van der Waals surface area (Å²) in [4.78, 5) is 17.8. The second-order valence-corrected chi connectivity index (χ2v) is 5.01. The van der Waals surface area contributed by atoms with E-state index < -0.39 is 0 Å². The first-order chi connectivity index (χ1) is 7.68. The fourth-order valence-electron chi connectivity index (χ4n) is 1.42. The Morgan fingerprint density at radius 2 is 2.12 bits per heavy atom. The van der Waals surface area contributed by atoms with Crippen molar-refractivity contribution in [3.8, 4) is 10.4 Å². The topological polar surface area (TPSA) is 30.0 Å². The zero-order valence-corrected chi connectivity index (χ0v) is 10.1. The van der Waals surface area contributed by atoms with Crippen molar-refractivity contribution in [2.75, 3.05) is 0 Å². The lowest BCUT2D eigenvalue weighted by molar-refractivity contribution is 0.0943. The molecule has 0 radical (unpaired) electrons. The van der Waals surface area contributed by atoms with Crippen LogP contribution < -0.4 is 0 Å². The van der Waals surface area contributed by atoms with Gasteiger partial charge in [0.05, 0.1) is 4.88 Å². The largest absolute Gasteiger partial charge is 0.293 e. The van der Waals surface area contributed by atoms with Crippen LogP contribution >= 0.6 is 11.3 Å². The summed E-state index contributed by atoms with van der Waals surface area (Å²) in [6, 6.07) is 7.79. The van der Waals surface area contributed by atoms with Crippen molar-refractivity contribution in [3.05, 3.63) is 41.5 Å². The molecule has 0 fully saturated rings. The third kappa shape index (κ3) is 2.19. The number of carbonyl (C=O) groups is 1. The van der Waals surface area contributed by atoms with Crippen molar-refractivity contribution in [3.63, 3.8) is 0 Å². The number of aromatic nitrogens is 1. The highest BCUT2D eigenvalue weighted by atomic mass is 32.1. The first-order valence-corrected chi connectivity index (χ1v) is 6.04. The Bertz CT molecular complexity index is 488. The molecule has 0 bridgehead atoms. The highest BCUT2D eigenvalue weighted by Crippen LogP contribution is 2.28. The number of hydrogen-bond acceptors (Lipinski definition) is 3. The van der Waals surface area contributed by atoms with Crippen molar-refractivity contribution in [2.45, 2.75) is 13.8 Å². The Kier molecular flexibility index (Phi) is 3.15. The predicted octanol–water partition coefficient (Wildman–Crippen LogP) is 3.65. The van der Waals surface area contributed by atoms with Crippen LogP contribution in [0, 0.1) is 5.92 Å². The highest BCUT2D eigenvalue weighted by molar-refractivity contribution is 7.17. The van der Waals surface area contributed by atoms with Crippen molar-refractivity contribution >= 4 is 17.1 Å². The molecule has 0 N–H and O–H groups in total. The Balaban J connectivity index is 2.30. The lowest BCUT2D eigenvalue weighted by atomic mass is 10.1. The van der Waals surface area contributed by atoms with Gasteiger partial charge in [0.15, 0.2) is 5.78 Å². The summed E-state index contributed by atoms with van der Waals surface area (Å²) >= 11 is 1.53. The van der Waals surface area contributed by atoms with Gasteiger partial charge in [-0.1, -0.05) is 19.9 Å². The normalized spacial score (nSPS) is 10.7. The van der Waals surface area contributed by atoms with Gasteiger partial charge >= 0.3 is 0 Å². The molecule has 82 valence electrons. The first kappa shape index (κ1) is 11.0. The molecule has 3 heteroatoms. The Labute approximate surface area is 99.0 Å². The van der Waals surface area contributed by atoms with Crippen LogP contribution in [0.25, 0.3) is 10.4 Å². The van der Waals surface area contributed by atoms with Gasteiger partial charge in [-0.15, -0.1) is 11.3 Å². The molecule has 0 aliphatic heterocycles. The number of hydrogen-bond donors (Lipinski definition) is 0. The molecule has 0 atom stereocenters. The van der Waals surface area contributed by atoms with E-state index in [0.717, 1.165) is 15.3 Å². The van der Waals surface area contributed by atoms with E-state index in [9.17, 15) is 4.79 Å². The molecule has 0 saturated carbocycles. The number of carbonyl (C=O) groups excluding carboxylic acids is 1. The summed E-state index contributed by atoms with van der Waals surface area (Å²) in [5, 5.41) is 0. The van der Waals surface area contributed by atoms with Crippen LogP contribution in [0.2, 0.25) is 0 Å². The van der Waals surface area contributed by atoms with Crippen LogP contribution in [-0.2, 0) is 0 Å². The maximum atomic E-state index is 11.8. The van der Waals surface area contributed by atoms with Gasteiger partial charge in [-0.25, -0.2) is 0 Å². The van der Waals surface area contributed by atoms with Gasteiger partial charge in [-0.3, -0.25) is 9.78 Å². The minimum Gasteiger partial charge on any atom is -0.293 e. The Hall–Kier alpha value is -1.48. The Morgan fingerprint density at radius 3 is 2.75 bits per heavy atom. The maximum Gasteiger partial charge on any atom is 0.175 e. The van der Waals surface area contributed by atoms with E-state index in [2.05, 4.69) is 4.98 Å². The number of thiophene rings is 1. The molecule has 0 unspecified atom stereocenters. The van der Waals surface area contributed by atoms with E-state index in [1.807, 2.05) is 44.3 Å². The quantitative estimate of drug-likeness (QED) is 0.755. The van der Waals surface area contributed by atoms with Gasteiger partial charge in [-0.05, 0) is 18.2 Å². The molecule has 16 heavy (non-hydrogen) atoms. The van der Waals surface area contributed by atoms with Gasteiger partial charge in [0.1, 0.15) is 0 Å². The highest BCUT2D eigenvalue weighted by Gasteiger charge is 2.13. The number of ketones is 1. The average Bonchev–Trinajstić information content (AvgIpc) is 2.78. The molecule has 0 spiro atoms. The SMILES string of the molecule is CC(C)C(=O)c1ccc(-c2cccnc2)s1. The first-order valence-electron chi connectivity index (χ1n) is 5.23. The molecule has 0 amide bonds. The van der Waals surface area contributed by atoms with Gasteiger partial charge in [-0.2, -0.15) is 0 Å². The molecule has 0 aliphatic carbocycles. The molecule has 2 heterocycles. The van der Waals surface area contributed by atoms with Crippen LogP contribution in [0.5, 0.6) is 0 Å². The van der Waals surface area contributed by atoms with E-state index in [4.69, 9.17) is 0 Å². The second kappa shape index (κ2) is 4.58. The summed E-state index contributed by atoms with van der Waals surface area (Å²) in [6.45, 7) is 3.84. The molecule has 2 aromatic rings. The van der Waals surface area contributed by atoms with Gasteiger partial charge in [0.2, 0.25) is 0 Å². The van der Waals surface area contributed by atoms with Gasteiger partial charge < -0.3 is 0 Å². The van der Waals surface area contributed by atoms with E-state index in [1.165, 1.54) is 11.3 Å². The van der Waals surface area contributed by atoms with E-state index in [1.54, 1.807) is 6.20 Å². The van der Waals surface area contributed by atoms with Crippen molar-refractivity contribution in [2.24, 2.45) is 5.92 Å². The third-order valence-electron chi connectivity index (χ3n) is 2.32. The predicted molar refractivity (Wildman–Crippen MR) is 66.7 cm³/mol. The summed E-state index contributed by atoms with van der Waals surface area (Å²) in [7, 11) is 0. The van der Waals surface area contributed by atoms with E-state index in [-0.39, 0.29) is 11.7 Å². The molecule has 2 rings (SSSR count). The van der Waals surface area contributed by atoms with Crippen LogP contribution in [0.3, 0.4) is 0 Å². The summed E-state index contributed by atoms with van der Waals surface area (Å²) in [6.07, 6.45) is 3.56. The average molecular weight is 231 g/mol. The zero-order chi connectivity index (χ0) is 11.5. The summed E-state index contributed by atoms with van der Waals surface area (Å²) < 4.78 is 0. The van der Waals surface area contributed by atoms with Gasteiger partial charge in [0, 0.05) is 28.8 Å². The molecule has 0 aliphatic rings. The third-order valence-corrected chi connectivity index (χ3v) is 3.47. The van der Waals surface area contributed by atoms with Crippen LogP contribution in [0.1, 0.15) is 23.5 Å². The smallest absolute Gasteiger partial charge is 0.175 e. The standard InChI is InChI=1S/C13H13NOS/c1-9(2)13(15)12-6-5-11(16-12)10-4-3-7-14-8-10/h3-9H,1-2H3. The fourth-order valence-corrected chi connectivity index (χ4v) is 2.50. The zero-order valence-electron chi connectivity index (χ0n) is 9.31. The lowest BCUT2D eigenvalue weighted by Crippen LogP contribution is -2.04. The number of rotatable bonds is 3. The molecule has 0 aromatic carbocycles. The van der Waals surface area contributed by atoms with Gasteiger partial charge in [0.25, 0.3) is 0 Å². The van der Waals surface area contributed by atoms with E-state index >= 15 is 0 Å². The number of nitrogens with zero attached hydrogens (tertiary/aromatic N) is 1. The molecule has 0 saturated heterocycles. The van der Waals surface area contributed by atoms with Crippen LogP contribution in [-0.4, -0.2) is 10.8 Å². The number of pyridine rings is 1. The molecular weight excluding hydrogens is 218 g/mol. The van der Waals surface area contributed by atoms with Crippen molar-refractivity contribution in [1.29, 1.82) is 0 Å². The van der Waals surface area contributed by atoms with Crippen molar-refractivity contribution < 1.29 is 4.79 Å². The van der Waals surface area contributed by atoms with Crippen LogP contribution in [0.15, 0.2) is 36.7 Å². The van der Waals surface area contributed by atoms with Crippen molar-refractivity contribution in [1.82, 2.24) is 4.98 Å².